The molecule has 1 aromatic carbocycles. The van der Waals surface area contributed by atoms with Gasteiger partial charge in [-0.3, -0.25) is 10.2 Å². The molecule has 7 heteroatoms. The summed E-state index contributed by atoms with van der Waals surface area (Å²) >= 11 is 0. The van der Waals surface area contributed by atoms with Crippen LogP contribution in [0.1, 0.15) is 32.6 Å². The van der Waals surface area contributed by atoms with Gasteiger partial charge in [-0.15, -0.1) is 0 Å². The van der Waals surface area contributed by atoms with Crippen LogP contribution in [-0.2, 0) is 9.47 Å². The van der Waals surface area contributed by atoms with Crippen LogP contribution in [0.5, 0.6) is 5.75 Å². The number of methoxy groups -OCH3 is 1. The number of nitrogens with one attached hydrogen (secondary N) is 1. The summed E-state index contributed by atoms with van der Waals surface area (Å²) in [4.78, 5) is 17.0. The molecule has 1 atom stereocenters. The minimum atomic E-state index is -0.471. The maximum atomic E-state index is 12.4. The molecule has 1 aliphatic heterocycles. The van der Waals surface area contributed by atoms with Crippen molar-refractivity contribution in [3.63, 3.8) is 0 Å². The van der Waals surface area contributed by atoms with Crippen molar-refractivity contribution in [3.8, 4) is 5.75 Å². The molecular formula is C22H37N3O4. The van der Waals surface area contributed by atoms with Gasteiger partial charge < -0.3 is 19.1 Å². The number of rotatable bonds is 12. The molecule has 0 spiro atoms. The third-order valence-electron chi connectivity index (χ3n) is 5.03. The van der Waals surface area contributed by atoms with E-state index in [9.17, 15) is 4.79 Å². The molecule has 2 rings (SSSR count). The van der Waals surface area contributed by atoms with Gasteiger partial charge in [0.15, 0.2) is 0 Å². The lowest BCUT2D eigenvalue weighted by Gasteiger charge is -2.34. The lowest BCUT2D eigenvalue weighted by Crippen LogP contribution is -2.48. The van der Waals surface area contributed by atoms with E-state index in [0.29, 0.717) is 25.4 Å². The number of unbranched alkanes of at least 4 members (excludes halogenated alkanes) is 3. The van der Waals surface area contributed by atoms with Crippen LogP contribution in [-0.4, -0.2) is 82.1 Å². The molecule has 0 radical (unpaired) electrons. The highest BCUT2D eigenvalue weighted by Crippen LogP contribution is 2.18. The highest BCUT2D eigenvalue weighted by atomic mass is 16.6. The maximum absolute atomic E-state index is 12.4. The van der Waals surface area contributed by atoms with Crippen LogP contribution >= 0.6 is 0 Å². The van der Waals surface area contributed by atoms with Crippen molar-refractivity contribution in [2.24, 2.45) is 0 Å². The molecule has 0 saturated carbocycles. The van der Waals surface area contributed by atoms with E-state index in [1.807, 2.05) is 24.3 Å². The Kier molecular flexibility index (Phi) is 10.8. The van der Waals surface area contributed by atoms with Gasteiger partial charge in [-0.2, -0.15) is 0 Å². The van der Waals surface area contributed by atoms with Gasteiger partial charge in [0.1, 0.15) is 11.9 Å². The van der Waals surface area contributed by atoms with E-state index in [1.54, 1.807) is 7.11 Å². The van der Waals surface area contributed by atoms with Crippen molar-refractivity contribution in [2.45, 2.75) is 38.7 Å². The zero-order valence-electron chi connectivity index (χ0n) is 18.2. The summed E-state index contributed by atoms with van der Waals surface area (Å²) < 4.78 is 16.6. The van der Waals surface area contributed by atoms with Crippen LogP contribution in [0.15, 0.2) is 24.3 Å². The van der Waals surface area contributed by atoms with Crippen LogP contribution in [0.3, 0.4) is 0 Å². The van der Waals surface area contributed by atoms with Crippen molar-refractivity contribution < 1.29 is 19.0 Å². The van der Waals surface area contributed by atoms with E-state index in [4.69, 9.17) is 14.2 Å². The van der Waals surface area contributed by atoms with Crippen molar-refractivity contribution in [1.82, 2.24) is 9.80 Å². The molecule has 1 aliphatic rings. The first-order valence-corrected chi connectivity index (χ1v) is 10.7. The van der Waals surface area contributed by atoms with Crippen LogP contribution in [0, 0.1) is 0 Å². The second-order valence-corrected chi connectivity index (χ2v) is 7.65. The summed E-state index contributed by atoms with van der Waals surface area (Å²) in [6, 6.07) is 7.43. The first-order valence-electron chi connectivity index (χ1n) is 10.7. The van der Waals surface area contributed by atoms with Crippen LogP contribution in [0.25, 0.3) is 0 Å². The minimum absolute atomic E-state index is 0.304. The first-order chi connectivity index (χ1) is 14.1. The Balaban J connectivity index is 1.78. The van der Waals surface area contributed by atoms with E-state index in [0.717, 1.165) is 38.3 Å². The molecule has 1 fully saturated rings. The number of anilines is 1. The highest BCUT2D eigenvalue weighted by molar-refractivity contribution is 5.85. The summed E-state index contributed by atoms with van der Waals surface area (Å²) in [5.41, 5.74) is 0.664. The average molecular weight is 408 g/mol. The van der Waals surface area contributed by atoms with E-state index in [2.05, 4.69) is 29.1 Å². The number of nitrogens with zero attached hydrogens (tertiary/aromatic N) is 2. The van der Waals surface area contributed by atoms with Gasteiger partial charge in [-0.25, -0.2) is 4.79 Å². The standard InChI is InChI=1S/C22H37N3O4/c1-4-5-6-7-15-28-20-10-8-9-19(16-20)23-22(26)29-21(18-27-3)17-25-13-11-24(2)12-14-25/h8-10,16,21H,4-7,11-15,17-18H2,1-3H3,(H,23,26)/t21-/m1/s1. The number of likely N-dealkylation sites (N-methyl/N-ethyl adjacent to an activating group) is 1. The van der Waals surface area contributed by atoms with E-state index < -0.39 is 6.09 Å². The Hall–Kier alpha value is -1.83. The summed E-state index contributed by atoms with van der Waals surface area (Å²) in [7, 11) is 3.75. The first kappa shape index (κ1) is 23.4. The molecule has 1 aromatic rings. The highest BCUT2D eigenvalue weighted by Gasteiger charge is 2.21. The lowest BCUT2D eigenvalue weighted by atomic mass is 10.2. The molecule has 0 unspecified atom stereocenters. The number of carbonyl (C=O) groups excluding carboxylic acids is 1. The minimum Gasteiger partial charge on any atom is -0.494 e. The van der Waals surface area contributed by atoms with Crippen molar-refractivity contribution in [1.29, 1.82) is 0 Å². The Bertz CT molecular complexity index is 591. The van der Waals surface area contributed by atoms with Crippen LogP contribution in [0.4, 0.5) is 10.5 Å². The average Bonchev–Trinajstić information content (AvgIpc) is 2.70. The number of hydrogen-bond donors (Lipinski definition) is 1. The second-order valence-electron chi connectivity index (χ2n) is 7.65. The summed E-state index contributed by atoms with van der Waals surface area (Å²) in [5.74, 6) is 0.755. The fraction of sp³-hybridized carbons (Fsp3) is 0.682. The van der Waals surface area contributed by atoms with Gasteiger partial charge in [-0.05, 0) is 25.6 Å². The third kappa shape index (κ3) is 9.47. The van der Waals surface area contributed by atoms with E-state index in [-0.39, 0.29) is 6.10 Å². The summed E-state index contributed by atoms with van der Waals surface area (Å²) in [5, 5.41) is 2.80. The van der Waals surface area contributed by atoms with E-state index >= 15 is 0 Å². The predicted octanol–water partition coefficient (Wildman–Crippen LogP) is 3.46. The number of amides is 1. The topological polar surface area (TPSA) is 63.3 Å². The zero-order chi connectivity index (χ0) is 20.9. The zero-order valence-corrected chi connectivity index (χ0v) is 18.2. The van der Waals surface area contributed by atoms with Crippen LogP contribution < -0.4 is 10.1 Å². The SMILES string of the molecule is CCCCCCOc1cccc(NC(=O)O[C@@H](COC)CN2CCN(C)CC2)c1. The fourth-order valence-electron chi connectivity index (χ4n) is 3.31. The molecule has 29 heavy (non-hydrogen) atoms. The molecule has 0 aliphatic carbocycles. The molecule has 1 amide bonds. The molecule has 0 bridgehead atoms. The molecule has 0 aromatic heterocycles. The molecule has 1 saturated heterocycles. The largest absolute Gasteiger partial charge is 0.494 e. The Morgan fingerprint density at radius 2 is 1.97 bits per heavy atom. The second kappa shape index (κ2) is 13.4. The lowest BCUT2D eigenvalue weighted by molar-refractivity contribution is 0.0157. The monoisotopic (exact) mass is 407 g/mol. The van der Waals surface area contributed by atoms with Crippen molar-refractivity contribution in [3.05, 3.63) is 24.3 Å². The van der Waals surface area contributed by atoms with Crippen molar-refractivity contribution in [2.75, 3.05) is 65.4 Å². The number of carbonyl (C=O) groups is 1. The molecular weight excluding hydrogens is 370 g/mol. The fourth-order valence-corrected chi connectivity index (χ4v) is 3.31. The van der Waals surface area contributed by atoms with Crippen molar-refractivity contribution >= 4 is 11.8 Å². The van der Waals surface area contributed by atoms with Gasteiger partial charge in [0.25, 0.3) is 0 Å². The number of ether oxygens (including phenoxy) is 3. The molecule has 1 heterocycles. The quantitative estimate of drug-likeness (QED) is 0.536. The number of hydrogen-bond acceptors (Lipinski definition) is 6. The molecule has 1 N–H and O–H groups in total. The maximum Gasteiger partial charge on any atom is 0.412 e. The van der Waals surface area contributed by atoms with Crippen LogP contribution in [0.2, 0.25) is 0 Å². The van der Waals surface area contributed by atoms with Gasteiger partial charge >= 0.3 is 6.09 Å². The summed E-state index contributed by atoms with van der Waals surface area (Å²) in [6.07, 6.45) is 3.88. The Labute approximate surface area is 175 Å². The number of benzene rings is 1. The summed E-state index contributed by atoms with van der Waals surface area (Å²) in [6.45, 7) is 7.93. The normalized spacial score (nSPS) is 16.4. The Morgan fingerprint density at radius 3 is 2.69 bits per heavy atom. The van der Waals surface area contributed by atoms with Gasteiger partial charge in [-0.1, -0.05) is 32.3 Å². The molecule has 7 nitrogen and oxygen atoms in total. The third-order valence-corrected chi connectivity index (χ3v) is 5.03. The smallest absolute Gasteiger partial charge is 0.412 e. The van der Waals surface area contributed by atoms with E-state index in [1.165, 1.54) is 19.3 Å². The number of piperazine rings is 1. The molecule has 164 valence electrons. The van der Waals surface area contributed by atoms with Gasteiger partial charge in [0.2, 0.25) is 0 Å². The predicted molar refractivity (Wildman–Crippen MR) is 116 cm³/mol. The van der Waals surface area contributed by atoms with Gasteiger partial charge in [0, 0.05) is 51.6 Å². The van der Waals surface area contributed by atoms with Gasteiger partial charge in [0.05, 0.1) is 13.2 Å². The Morgan fingerprint density at radius 1 is 1.17 bits per heavy atom.